The lowest BCUT2D eigenvalue weighted by Gasteiger charge is -2.46. The van der Waals surface area contributed by atoms with Crippen LogP contribution in [0.1, 0.15) is 40.5 Å². The molecule has 0 unspecified atom stereocenters. The highest BCUT2D eigenvalue weighted by Crippen LogP contribution is 2.31. The monoisotopic (exact) mass is 329 g/mol. The summed E-state index contributed by atoms with van der Waals surface area (Å²) < 4.78 is 19.9. The highest BCUT2D eigenvalue weighted by molar-refractivity contribution is 5.59. The average Bonchev–Trinajstić information content (AvgIpc) is 2.45. The van der Waals surface area contributed by atoms with E-state index in [2.05, 4.69) is 43.2 Å². The van der Waals surface area contributed by atoms with Crippen molar-refractivity contribution in [3.05, 3.63) is 42.2 Å². The largest absolute Gasteiger partial charge is 0.473 e. The standard InChI is InChI=1S/C19H24FN3O/c1-18(2)11-13(12-19(3,4)23-18)24-17-10-9-16(21-22-17)14-7-5-6-8-15(14)20/h5-10,13,23H,11-12H2,1-4H3. The maximum atomic E-state index is 13.8. The van der Waals surface area contributed by atoms with E-state index in [0.29, 0.717) is 17.1 Å². The van der Waals surface area contributed by atoms with Gasteiger partial charge in [0, 0.05) is 35.5 Å². The second-order valence-electron chi connectivity index (χ2n) is 7.78. The van der Waals surface area contributed by atoms with Gasteiger partial charge in [0.05, 0.1) is 5.69 Å². The number of halogens is 1. The third kappa shape index (κ3) is 3.90. The maximum Gasteiger partial charge on any atom is 0.233 e. The molecule has 24 heavy (non-hydrogen) atoms. The molecule has 3 rings (SSSR count). The number of hydrogen-bond donors (Lipinski definition) is 1. The van der Waals surface area contributed by atoms with E-state index in [1.165, 1.54) is 6.07 Å². The van der Waals surface area contributed by atoms with E-state index >= 15 is 0 Å². The minimum atomic E-state index is -0.303. The third-order valence-corrected chi connectivity index (χ3v) is 4.23. The first kappa shape index (κ1) is 16.8. The molecule has 0 amide bonds. The molecule has 128 valence electrons. The zero-order chi connectivity index (χ0) is 17.4. The Morgan fingerprint density at radius 3 is 2.25 bits per heavy atom. The van der Waals surface area contributed by atoms with Gasteiger partial charge in [0.25, 0.3) is 0 Å². The minimum Gasteiger partial charge on any atom is -0.473 e. The maximum absolute atomic E-state index is 13.8. The first-order chi connectivity index (χ1) is 11.2. The Hall–Kier alpha value is -2.01. The molecule has 2 aromatic rings. The molecule has 1 saturated heterocycles. The van der Waals surface area contributed by atoms with Crippen LogP contribution in [0.15, 0.2) is 36.4 Å². The fraction of sp³-hybridized carbons (Fsp3) is 0.474. The van der Waals surface area contributed by atoms with E-state index < -0.39 is 0 Å². The highest BCUT2D eigenvalue weighted by Gasteiger charge is 2.38. The molecule has 0 spiro atoms. The molecular formula is C19H24FN3O. The topological polar surface area (TPSA) is 47.0 Å². The molecule has 2 heterocycles. The van der Waals surface area contributed by atoms with Gasteiger partial charge in [0.15, 0.2) is 0 Å². The Morgan fingerprint density at radius 2 is 1.67 bits per heavy atom. The molecule has 0 bridgehead atoms. The van der Waals surface area contributed by atoms with Gasteiger partial charge in [-0.25, -0.2) is 4.39 Å². The first-order valence-corrected chi connectivity index (χ1v) is 8.29. The second-order valence-corrected chi connectivity index (χ2v) is 7.78. The lowest BCUT2D eigenvalue weighted by Crippen LogP contribution is -2.60. The molecule has 0 saturated carbocycles. The van der Waals surface area contributed by atoms with Crippen molar-refractivity contribution in [2.45, 2.75) is 57.7 Å². The van der Waals surface area contributed by atoms with Crippen molar-refractivity contribution >= 4 is 0 Å². The van der Waals surface area contributed by atoms with Gasteiger partial charge < -0.3 is 10.1 Å². The van der Waals surface area contributed by atoms with Gasteiger partial charge in [0.1, 0.15) is 11.9 Å². The molecule has 1 aromatic carbocycles. The lowest BCUT2D eigenvalue weighted by atomic mass is 9.81. The van der Waals surface area contributed by atoms with Crippen molar-refractivity contribution in [3.63, 3.8) is 0 Å². The zero-order valence-electron chi connectivity index (χ0n) is 14.6. The Labute approximate surface area is 142 Å². The van der Waals surface area contributed by atoms with Crippen LogP contribution in [0, 0.1) is 5.82 Å². The number of ether oxygens (including phenoxy) is 1. The van der Waals surface area contributed by atoms with Crippen LogP contribution in [0.2, 0.25) is 0 Å². The summed E-state index contributed by atoms with van der Waals surface area (Å²) in [7, 11) is 0. The number of hydrogen-bond acceptors (Lipinski definition) is 4. The number of aromatic nitrogens is 2. The Kier molecular flexibility index (Phi) is 4.30. The van der Waals surface area contributed by atoms with Crippen molar-refractivity contribution in [2.24, 2.45) is 0 Å². The Balaban J connectivity index is 1.74. The normalized spacial score (nSPS) is 19.9. The summed E-state index contributed by atoms with van der Waals surface area (Å²) in [5.41, 5.74) is 0.965. The first-order valence-electron chi connectivity index (χ1n) is 8.29. The molecule has 5 heteroatoms. The second kappa shape index (κ2) is 6.13. The molecule has 0 atom stereocenters. The SMILES string of the molecule is CC1(C)CC(Oc2ccc(-c3ccccc3F)nn2)CC(C)(C)N1. The van der Waals surface area contributed by atoms with Gasteiger partial charge >= 0.3 is 0 Å². The molecule has 0 radical (unpaired) electrons. The zero-order valence-corrected chi connectivity index (χ0v) is 14.6. The third-order valence-electron chi connectivity index (χ3n) is 4.23. The predicted octanol–water partition coefficient (Wildman–Crippen LogP) is 3.97. The smallest absolute Gasteiger partial charge is 0.233 e. The van der Waals surface area contributed by atoms with Crippen LogP contribution >= 0.6 is 0 Å². The molecular weight excluding hydrogens is 305 g/mol. The van der Waals surface area contributed by atoms with E-state index in [1.54, 1.807) is 30.3 Å². The van der Waals surface area contributed by atoms with Crippen molar-refractivity contribution in [3.8, 4) is 17.1 Å². The van der Waals surface area contributed by atoms with E-state index in [4.69, 9.17) is 4.74 Å². The molecule has 4 nitrogen and oxygen atoms in total. The van der Waals surface area contributed by atoms with Crippen molar-refractivity contribution < 1.29 is 9.13 Å². The average molecular weight is 329 g/mol. The van der Waals surface area contributed by atoms with Crippen LogP contribution in [0.5, 0.6) is 5.88 Å². The summed E-state index contributed by atoms with van der Waals surface area (Å²) in [4.78, 5) is 0. The molecule has 0 aliphatic carbocycles. The Morgan fingerprint density at radius 1 is 1.00 bits per heavy atom. The van der Waals surface area contributed by atoms with E-state index in [1.807, 2.05) is 0 Å². The number of nitrogens with one attached hydrogen (secondary N) is 1. The predicted molar refractivity (Wildman–Crippen MR) is 92.4 cm³/mol. The molecule has 1 aliphatic rings. The summed E-state index contributed by atoms with van der Waals surface area (Å²) in [6, 6.07) is 10.1. The summed E-state index contributed by atoms with van der Waals surface area (Å²) in [5.74, 6) is 0.177. The van der Waals surface area contributed by atoms with Gasteiger partial charge in [0.2, 0.25) is 5.88 Å². The fourth-order valence-electron chi connectivity index (χ4n) is 3.68. The molecule has 1 fully saturated rings. The van der Waals surface area contributed by atoms with Crippen LogP contribution in [0.3, 0.4) is 0 Å². The van der Waals surface area contributed by atoms with Gasteiger partial charge in [-0.1, -0.05) is 12.1 Å². The van der Waals surface area contributed by atoms with Gasteiger partial charge in [-0.05, 0) is 45.9 Å². The van der Waals surface area contributed by atoms with Crippen molar-refractivity contribution in [1.82, 2.24) is 15.5 Å². The summed E-state index contributed by atoms with van der Waals surface area (Å²) >= 11 is 0. The van der Waals surface area contributed by atoms with Gasteiger partial charge in [-0.3, -0.25) is 0 Å². The number of rotatable bonds is 3. The van der Waals surface area contributed by atoms with Crippen molar-refractivity contribution in [1.29, 1.82) is 0 Å². The Bertz CT molecular complexity index is 697. The quantitative estimate of drug-likeness (QED) is 0.925. The van der Waals surface area contributed by atoms with Crippen molar-refractivity contribution in [2.75, 3.05) is 0 Å². The highest BCUT2D eigenvalue weighted by atomic mass is 19.1. The minimum absolute atomic E-state index is 0.00690. The summed E-state index contributed by atoms with van der Waals surface area (Å²) in [6.45, 7) is 8.71. The summed E-state index contributed by atoms with van der Waals surface area (Å²) in [5, 5.41) is 11.9. The van der Waals surface area contributed by atoms with Gasteiger partial charge in [-0.15, -0.1) is 10.2 Å². The van der Waals surface area contributed by atoms with Crippen LogP contribution in [0.25, 0.3) is 11.3 Å². The molecule has 1 N–H and O–H groups in total. The molecule has 1 aliphatic heterocycles. The molecule has 1 aromatic heterocycles. The van der Waals surface area contributed by atoms with Crippen LogP contribution in [0.4, 0.5) is 4.39 Å². The summed E-state index contributed by atoms with van der Waals surface area (Å²) in [6.07, 6.45) is 1.87. The fourth-order valence-corrected chi connectivity index (χ4v) is 3.68. The van der Waals surface area contributed by atoms with Crippen LogP contribution in [-0.2, 0) is 0 Å². The van der Waals surface area contributed by atoms with E-state index in [-0.39, 0.29) is 23.0 Å². The van der Waals surface area contributed by atoms with Crippen LogP contribution < -0.4 is 10.1 Å². The van der Waals surface area contributed by atoms with E-state index in [0.717, 1.165) is 12.8 Å². The number of piperidine rings is 1. The van der Waals surface area contributed by atoms with E-state index in [9.17, 15) is 4.39 Å². The van der Waals surface area contributed by atoms with Crippen LogP contribution in [-0.4, -0.2) is 27.4 Å². The lowest BCUT2D eigenvalue weighted by molar-refractivity contribution is 0.0524. The number of nitrogens with zero attached hydrogens (tertiary/aromatic N) is 2. The number of benzene rings is 1. The van der Waals surface area contributed by atoms with Gasteiger partial charge in [-0.2, -0.15) is 0 Å².